The Morgan fingerprint density at radius 3 is 1.11 bits per heavy atom. The lowest BCUT2D eigenvalue weighted by molar-refractivity contribution is -0.143. The largest absolute Gasteiger partial charge is 0.417 e. The van der Waals surface area contributed by atoms with Gasteiger partial charge in [-0.25, -0.2) is 4.85 Å². The Morgan fingerprint density at radius 1 is 0.286 bits per heavy atom. The average Bonchev–Trinajstić information content (AvgIpc) is 1.54. The van der Waals surface area contributed by atoms with Gasteiger partial charge in [-0.3, -0.25) is 0 Å². The molecule has 0 saturated heterocycles. The molecule has 0 bridgehead atoms. The van der Waals surface area contributed by atoms with Crippen LogP contribution in [0.3, 0.4) is 0 Å². The summed E-state index contributed by atoms with van der Waals surface area (Å²) in [7, 11) is 0. The number of fused-ring (bicyclic) bond motifs is 6. The Hall–Kier alpha value is -10.8. The number of alkyl halides is 18. The van der Waals surface area contributed by atoms with Crippen molar-refractivity contribution in [2.24, 2.45) is 0 Å². The molecule has 0 fully saturated rings. The average molecular weight is 1350 g/mol. The minimum absolute atomic E-state index is 0.0236. The van der Waals surface area contributed by atoms with Crippen LogP contribution in [0.1, 0.15) is 55.6 Å². The molecule has 0 aliphatic heterocycles. The van der Waals surface area contributed by atoms with E-state index in [4.69, 9.17) is 6.57 Å². The minimum atomic E-state index is -5.36. The van der Waals surface area contributed by atoms with E-state index in [1.54, 1.807) is 45.5 Å². The summed E-state index contributed by atoms with van der Waals surface area (Å²) >= 11 is 0. The summed E-state index contributed by atoms with van der Waals surface area (Å²) in [6.45, 7) is 14.7. The van der Waals surface area contributed by atoms with Crippen LogP contribution in [0.4, 0.5) is 84.7 Å². The highest BCUT2D eigenvalue weighted by atomic mass is 19.4. The fraction of sp³-hybridized carbons (Fsp3) is 0.130. The Morgan fingerprint density at radius 2 is 0.684 bits per heavy atom. The molecular weight excluding hydrogens is 1310 g/mol. The van der Waals surface area contributed by atoms with Crippen molar-refractivity contribution in [2.75, 3.05) is 0 Å². The molecule has 13 aromatic rings. The molecule has 0 unspecified atom stereocenters. The van der Waals surface area contributed by atoms with Crippen LogP contribution in [-0.4, -0.2) is 9.13 Å². The molecule has 3 nitrogen and oxygen atoms in total. The summed E-state index contributed by atoms with van der Waals surface area (Å²) in [5.74, 6) is 0. The molecule has 0 N–H and O–H groups in total. The summed E-state index contributed by atoms with van der Waals surface area (Å²) in [5, 5.41) is 0.804. The molecule has 98 heavy (non-hydrogen) atoms. The first-order chi connectivity index (χ1) is 46.0. The second-order valence-corrected chi connectivity index (χ2v) is 24.1. The number of aryl methyl sites for hydroxylation is 4. The zero-order valence-electron chi connectivity index (χ0n) is 51.2. The van der Waals surface area contributed by atoms with Gasteiger partial charge in [0.05, 0.1) is 67.7 Å². The highest BCUT2D eigenvalue weighted by molar-refractivity contribution is 6.15. The maximum absolute atomic E-state index is 15.0. The van der Waals surface area contributed by atoms with Crippen molar-refractivity contribution in [2.45, 2.75) is 64.8 Å². The lowest BCUT2D eigenvalue weighted by Gasteiger charge is -2.21. The first-order valence-electron chi connectivity index (χ1n) is 29.8. The fourth-order valence-electron chi connectivity index (χ4n) is 13.2. The Balaban J connectivity index is 1.14. The number of halogens is 18. The Labute approximate surface area is 545 Å². The fourth-order valence-corrected chi connectivity index (χ4v) is 13.2. The van der Waals surface area contributed by atoms with Crippen LogP contribution in [0, 0.1) is 34.3 Å². The monoisotopic (exact) mass is 1350 g/mol. The molecule has 2 aromatic heterocycles. The number of hydrogen-bond donors (Lipinski definition) is 0. The molecule has 21 heteroatoms. The van der Waals surface area contributed by atoms with E-state index in [2.05, 4.69) is 4.85 Å². The molecule has 0 atom stereocenters. The standard InChI is InChI=1S/C77H45F18N3/c1-39-9-18-53(61(29-39)75(87,88)89)45-13-24-66-57(35-45)56-34-44(52-20-16-49(31-42(52)4)72(78,79)80)12-23-65(56)97(66)69-22-11-43(48-27-41(3)28-51(32-48)74(84,85)86)33-60(69)71-64(96-5)7-6-8-70(71)98-67-25-14-46(54-19-10-40(2)30-62(54)76(90,91)92)36-58(67)59-37-47(15-26-68(59)98)55-21-17-50(73(81,82)83)38-63(55)77(93,94)95/h6-38H,1-4H3. The highest BCUT2D eigenvalue weighted by Gasteiger charge is 2.40. The molecule has 2 heterocycles. The number of benzene rings is 11. The third kappa shape index (κ3) is 11.8. The summed E-state index contributed by atoms with van der Waals surface area (Å²) in [6, 6.07) is 41.5. The van der Waals surface area contributed by atoms with Crippen molar-refractivity contribution in [3.8, 4) is 78.1 Å². The Kier molecular flexibility index (Phi) is 15.6. The molecule has 13 rings (SSSR count). The topological polar surface area (TPSA) is 14.2 Å². The highest BCUT2D eigenvalue weighted by Crippen LogP contribution is 2.51. The zero-order chi connectivity index (χ0) is 70.2. The molecule has 0 spiro atoms. The number of rotatable bonds is 8. The molecule has 0 radical (unpaired) electrons. The van der Waals surface area contributed by atoms with E-state index in [1.807, 2.05) is 0 Å². The lowest BCUT2D eigenvalue weighted by atomic mass is 9.93. The maximum atomic E-state index is 15.0. The van der Waals surface area contributed by atoms with E-state index in [9.17, 15) is 52.7 Å². The van der Waals surface area contributed by atoms with E-state index < -0.39 is 76.0 Å². The van der Waals surface area contributed by atoms with Crippen molar-refractivity contribution in [1.82, 2.24) is 9.13 Å². The van der Waals surface area contributed by atoms with Crippen molar-refractivity contribution in [3.05, 3.63) is 267 Å². The molecule has 0 amide bonds. The summed E-state index contributed by atoms with van der Waals surface area (Å²) in [6.07, 6.45) is -29.9. The second kappa shape index (κ2) is 23.2. The van der Waals surface area contributed by atoms with Crippen molar-refractivity contribution in [3.63, 3.8) is 0 Å². The SMILES string of the molecule is [C-]#[N+]c1cccc(-n2c3ccc(-c4ccc(C)cc4C(F)(F)F)cc3c3cc(-c4ccc(C(F)(F)F)cc4C(F)(F)F)ccc32)c1-c1cc(-c2cc(C)cc(C(F)(F)F)c2)ccc1-n1c2ccc(-c3ccc(C(F)(F)F)cc3C)cc2c2cc(-c3ccc(C)cc3C(F)(F)F)ccc21. The molecular formula is C77H45F18N3. The van der Waals surface area contributed by atoms with Gasteiger partial charge in [-0.05, 0) is 215 Å². The minimum Gasteiger partial charge on any atom is -0.310 e. The van der Waals surface area contributed by atoms with Gasteiger partial charge in [0.25, 0.3) is 0 Å². The normalized spacial score (nSPS) is 12.8. The van der Waals surface area contributed by atoms with Gasteiger partial charge in [-0.1, -0.05) is 96.1 Å². The van der Waals surface area contributed by atoms with Crippen LogP contribution in [0.5, 0.6) is 0 Å². The van der Waals surface area contributed by atoms with Gasteiger partial charge in [0.1, 0.15) is 0 Å². The molecule has 0 saturated carbocycles. The summed E-state index contributed by atoms with van der Waals surface area (Å²) in [4.78, 5) is 3.97. The van der Waals surface area contributed by atoms with Gasteiger partial charge in [0.2, 0.25) is 0 Å². The first kappa shape index (κ1) is 65.9. The van der Waals surface area contributed by atoms with Crippen molar-refractivity contribution in [1.29, 1.82) is 0 Å². The van der Waals surface area contributed by atoms with Gasteiger partial charge < -0.3 is 9.13 Å². The molecule has 0 aliphatic rings. The van der Waals surface area contributed by atoms with E-state index in [0.29, 0.717) is 50.6 Å². The van der Waals surface area contributed by atoms with E-state index in [-0.39, 0.29) is 112 Å². The first-order valence-corrected chi connectivity index (χ1v) is 29.8. The molecule has 11 aromatic carbocycles. The summed E-state index contributed by atoms with van der Waals surface area (Å²) < 4.78 is 267. The van der Waals surface area contributed by atoms with Crippen LogP contribution < -0.4 is 0 Å². The Bertz CT molecular complexity index is 5490. The van der Waals surface area contributed by atoms with Crippen LogP contribution in [0.2, 0.25) is 0 Å². The predicted molar refractivity (Wildman–Crippen MR) is 343 cm³/mol. The maximum Gasteiger partial charge on any atom is 0.417 e. The van der Waals surface area contributed by atoms with Gasteiger partial charge in [-0.15, -0.1) is 0 Å². The van der Waals surface area contributed by atoms with Gasteiger partial charge in [0.15, 0.2) is 5.69 Å². The number of nitrogens with zero attached hydrogens (tertiary/aromatic N) is 3. The van der Waals surface area contributed by atoms with Crippen molar-refractivity contribution < 1.29 is 79.0 Å². The quantitative estimate of drug-likeness (QED) is 0.106. The van der Waals surface area contributed by atoms with Crippen LogP contribution in [0.25, 0.3) is 127 Å². The van der Waals surface area contributed by atoms with Crippen LogP contribution >= 0.6 is 0 Å². The second-order valence-electron chi connectivity index (χ2n) is 24.1. The van der Waals surface area contributed by atoms with E-state index in [1.165, 1.54) is 137 Å². The predicted octanol–water partition coefficient (Wildman–Crippen LogP) is 25.8. The van der Waals surface area contributed by atoms with E-state index >= 15 is 26.3 Å². The molecule has 0 aliphatic carbocycles. The third-order valence-corrected chi connectivity index (χ3v) is 17.6. The van der Waals surface area contributed by atoms with E-state index in [0.717, 1.165) is 36.4 Å². The zero-order valence-corrected chi connectivity index (χ0v) is 51.2. The smallest absolute Gasteiger partial charge is 0.310 e. The van der Waals surface area contributed by atoms with Crippen LogP contribution in [0.15, 0.2) is 200 Å². The number of aromatic nitrogens is 2. The van der Waals surface area contributed by atoms with Gasteiger partial charge in [0, 0.05) is 32.8 Å². The molecule has 494 valence electrons. The van der Waals surface area contributed by atoms with Gasteiger partial charge in [-0.2, -0.15) is 79.0 Å². The summed E-state index contributed by atoms with van der Waals surface area (Å²) in [5.41, 5.74) is -5.50. The van der Waals surface area contributed by atoms with Gasteiger partial charge >= 0.3 is 37.1 Å². The van der Waals surface area contributed by atoms with Crippen LogP contribution in [-0.2, 0) is 37.1 Å². The number of hydrogen-bond acceptors (Lipinski definition) is 0. The third-order valence-electron chi connectivity index (χ3n) is 17.6. The lowest BCUT2D eigenvalue weighted by Crippen LogP contribution is -2.12. The van der Waals surface area contributed by atoms with Crippen molar-refractivity contribution >= 4 is 49.3 Å².